The monoisotopic (exact) mass is 252 g/mol. The van der Waals surface area contributed by atoms with E-state index in [0.717, 1.165) is 17.9 Å². The second kappa shape index (κ2) is 6.25. The fraction of sp³-hybridized carbons (Fsp3) is 0.643. The summed E-state index contributed by atoms with van der Waals surface area (Å²) in [5, 5.41) is 0. The molecule has 1 aliphatic rings. The van der Waals surface area contributed by atoms with Gasteiger partial charge in [-0.05, 0) is 31.7 Å². The van der Waals surface area contributed by atoms with Gasteiger partial charge in [0.25, 0.3) is 0 Å². The van der Waals surface area contributed by atoms with E-state index in [1.807, 2.05) is 12.3 Å². The Hall–Kier alpha value is -0.760. The number of aromatic nitrogens is 1. The van der Waals surface area contributed by atoms with Crippen LogP contribution in [0, 0.1) is 0 Å². The molecule has 0 spiro atoms. The first-order valence-corrected chi connectivity index (χ1v) is 7.16. The lowest BCUT2D eigenvalue weighted by molar-refractivity contribution is 0.431. The number of halogens is 1. The van der Waals surface area contributed by atoms with Gasteiger partial charge in [0.15, 0.2) is 0 Å². The van der Waals surface area contributed by atoms with Gasteiger partial charge < -0.3 is 4.90 Å². The van der Waals surface area contributed by atoms with Crippen molar-refractivity contribution < 1.29 is 0 Å². The van der Waals surface area contributed by atoms with Crippen molar-refractivity contribution in [3.63, 3.8) is 0 Å². The first-order valence-electron chi connectivity index (χ1n) is 6.63. The molecule has 2 nitrogen and oxygen atoms in total. The van der Waals surface area contributed by atoms with Crippen molar-refractivity contribution in [2.24, 2.45) is 0 Å². The molecule has 1 aliphatic heterocycles. The molecule has 2 rings (SSSR count). The van der Waals surface area contributed by atoms with Crippen LogP contribution in [0.5, 0.6) is 0 Å². The summed E-state index contributed by atoms with van der Waals surface area (Å²) in [6.45, 7) is 3.39. The number of pyridine rings is 1. The van der Waals surface area contributed by atoms with Gasteiger partial charge in [0.1, 0.15) is 5.82 Å². The number of alkyl halides is 1. The second-order valence-electron chi connectivity index (χ2n) is 4.75. The molecular weight excluding hydrogens is 232 g/mol. The first kappa shape index (κ1) is 12.7. The van der Waals surface area contributed by atoms with E-state index >= 15 is 0 Å². The standard InChI is InChI=1S/C14H21ClN2/c1-2-6-13-8-3-4-10-17(13)14-12(11-15)7-5-9-16-14/h5,7,9,13H,2-4,6,8,10-11H2,1H3. The minimum atomic E-state index is 0.554. The van der Waals surface area contributed by atoms with Gasteiger partial charge in [-0.2, -0.15) is 0 Å². The third-order valence-electron chi connectivity index (χ3n) is 3.53. The van der Waals surface area contributed by atoms with E-state index in [4.69, 9.17) is 11.6 Å². The summed E-state index contributed by atoms with van der Waals surface area (Å²) in [6.07, 6.45) is 8.31. The molecule has 0 radical (unpaired) electrons. The Morgan fingerprint density at radius 2 is 2.35 bits per heavy atom. The maximum atomic E-state index is 6.01. The smallest absolute Gasteiger partial charge is 0.133 e. The van der Waals surface area contributed by atoms with Crippen molar-refractivity contribution in [1.29, 1.82) is 0 Å². The van der Waals surface area contributed by atoms with Crippen LogP contribution >= 0.6 is 11.6 Å². The van der Waals surface area contributed by atoms with Gasteiger partial charge in [0, 0.05) is 24.3 Å². The van der Waals surface area contributed by atoms with E-state index in [1.54, 1.807) is 0 Å². The van der Waals surface area contributed by atoms with Crippen LogP contribution < -0.4 is 4.90 Å². The first-order chi connectivity index (χ1) is 8.36. The summed E-state index contributed by atoms with van der Waals surface area (Å²) in [5.41, 5.74) is 1.16. The van der Waals surface area contributed by atoms with Crippen LogP contribution in [0.4, 0.5) is 5.82 Å². The molecule has 17 heavy (non-hydrogen) atoms. The summed E-state index contributed by atoms with van der Waals surface area (Å²) < 4.78 is 0. The molecule has 3 heteroatoms. The van der Waals surface area contributed by atoms with Crippen LogP contribution in [0.15, 0.2) is 18.3 Å². The normalized spacial score (nSPS) is 20.6. The van der Waals surface area contributed by atoms with Crippen molar-refractivity contribution >= 4 is 17.4 Å². The van der Waals surface area contributed by atoms with Crippen molar-refractivity contribution in [3.05, 3.63) is 23.9 Å². The molecule has 1 atom stereocenters. The van der Waals surface area contributed by atoms with Crippen molar-refractivity contribution in [3.8, 4) is 0 Å². The number of rotatable bonds is 4. The quantitative estimate of drug-likeness (QED) is 0.754. The molecule has 1 aromatic rings. The van der Waals surface area contributed by atoms with Gasteiger partial charge >= 0.3 is 0 Å². The van der Waals surface area contributed by atoms with Crippen molar-refractivity contribution in [2.45, 2.75) is 50.9 Å². The number of piperidine rings is 1. The minimum Gasteiger partial charge on any atom is -0.353 e. The fourth-order valence-corrected chi connectivity index (χ4v) is 2.91. The summed E-state index contributed by atoms with van der Waals surface area (Å²) in [7, 11) is 0. The maximum Gasteiger partial charge on any atom is 0.133 e. The largest absolute Gasteiger partial charge is 0.353 e. The highest BCUT2D eigenvalue weighted by Crippen LogP contribution is 2.28. The highest BCUT2D eigenvalue weighted by Gasteiger charge is 2.24. The molecule has 0 aliphatic carbocycles. The summed E-state index contributed by atoms with van der Waals surface area (Å²) in [6, 6.07) is 4.72. The molecule has 0 bridgehead atoms. The Morgan fingerprint density at radius 1 is 1.47 bits per heavy atom. The molecular formula is C14H21ClN2. The lowest BCUT2D eigenvalue weighted by Crippen LogP contribution is -2.40. The molecule has 1 saturated heterocycles. The molecule has 0 saturated carbocycles. The summed E-state index contributed by atoms with van der Waals surface area (Å²) in [5.74, 6) is 1.67. The third-order valence-corrected chi connectivity index (χ3v) is 3.82. The van der Waals surface area contributed by atoms with E-state index in [2.05, 4.69) is 22.9 Å². The summed E-state index contributed by atoms with van der Waals surface area (Å²) >= 11 is 6.01. The predicted octanol–water partition coefficient (Wildman–Crippen LogP) is 3.98. The maximum absolute atomic E-state index is 6.01. The van der Waals surface area contributed by atoms with Gasteiger partial charge in [-0.1, -0.05) is 19.4 Å². The average Bonchev–Trinajstić information content (AvgIpc) is 2.40. The van der Waals surface area contributed by atoms with Crippen LogP contribution in [-0.4, -0.2) is 17.6 Å². The molecule has 0 N–H and O–H groups in total. The van der Waals surface area contributed by atoms with E-state index in [9.17, 15) is 0 Å². The van der Waals surface area contributed by atoms with Crippen molar-refractivity contribution in [2.75, 3.05) is 11.4 Å². The van der Waals surface area contributed by atoms with Crippen LogP contribution in [0.25, 0.3) is 0 Å². The zero-order valence-electron chi connectivity index (χ0n) is 10.5. The van der Waals surface area contributed by atoms with E-state index in [1.165, 1.54) is 32.1 Å². The van der Waals surface area contributed by atoms with Crippen LogP contribution in [0.3, 0.4) is 0 Å². The third kappa shape index (κ3) is 2.92. The van der Waals surface area contributed by atoms with Gasteiger partial charge in [-0.3, -0.25) is 0 Å². The van der Waals surface area contributed by atoms with Gasteiger partial charge in [-0.25, -0.2) is 4.98 Å². The zero-order chi connectivity index (χ0) is 12.1. The Balaban J connectivity index is 2.22. The molecule has 0 aromatic carbocycles. The molecule has 94 valence electrons. The van der Waals surface area contributed by atoms with Gasteiger partial charge in [0.2, 0.25) is 0 Å². The highest BCUT2D eigenvalue weighted by atomic mass is 35.5. The zero-order valence-corrected chi connectivity index (χ0v) is 11.3. The molecule has 1 aromatic heterocycles. The van der Waals surface area contributed by atoms with E-state index < -0.39 is 0 Å². The highest BCUT2D eigenvalue weighted by molar-refractivity contribution is 6.17. The second-order valence-corrected chi connectivity index (χ2v) is 5.02. The van der Waals surface area contributed by atoms with Gasteiger partial charge in [0.05, 0.1) is 5.88 Å². The Labute approximate surface area is 109 Å². The Kier molecular flexibility index (Phi) is 4.66. The minimum absolute atomic E-state index is 0.554. The lowest BCUT2D eigenvalue weighted by atomic mass is 9.98. The molecule has 1 unspecified atom stereocenters. The topological polar surface area (TPSA) is 16.1 Å². The van der Waals surface area contributed by atoms with E-state index in [0.29, 0.717) is 11.9 Å². The van der Waals surface area contributed by atoms with Crippen molar-refractivity contribution in [1.82, 2.24) is 4.98 Å². The summed E-state index contributed by atoms with van der Waals surface area (Å²) in [4.78, 5) is 7.02. The van der Waals surface area contributed by atoms with Crippen LogP contribution in [0.1, 0.15) is 44.6 Å². The number of anilines is 1. The van der Waals surface area contributed by atoms with Crippen LogP contribution in [0.2, 0.25) is 0 Å². The van der Waals surface area contributed by atoms with Crippen LogP contribution in [-0.2, 0) is 5.88 Å². The molecule has 1 fully saturated rings. The van der Waals surface area contributed by atoms with E-state index in [-0.39, 0.29) is 0 Å². The predicted molar refractivity (Wildman–Crippen MR) is 73.7 cm³/mol. The Bertz CT molecular complexity index is 352. The lowest BCUT2D eigenvalue weighted by Gasteiger charge is -2.37. The number of nitrogens with zero attached hydrogens (tertiary/aromatic N) is 2. The molecule has 2 heterocycles. The SMILES string of the molecule is CCCC1CCCCN1c1ncccc1CCl. The fourth-order valence-electron chi connectivity index (χ4n) is 2.71. The number of hydrogen-bond acceptors (Lipinski definition) is 2. The average molecular weight is 253 g/mol. The van der Waals surface area contributed by atoms with Gasteiger partial charge in [-0.15, -0.1) is 11.6 Å². The Morgan fingerprint density at radius 3 is 3.12 bits per heavy atom. The number of hydrogen-bond donors (Lipinski definition) is 0. The molecule has 0 amide bonds.